The summed E-state index contributed by atoms with van der Waals surface area (Å²) in [6, 6.07) is 16.1. The Morgan fingerprint density at radius 3 is 2.48 bits per heavy atom. The molecule has 3 rings (SSSR count). The molecule has 1 heterocycles. The molecule has 31 heavy (non-hydrogen) atoms. The molecule has 1 N–H and O–H groups in total. The van der Waals surface area contributed by atoms with Crippen molar-refractivity contribution in [2.75, 3.05) is 12.0 Å². The van der Waals surface area contributed by atoms with Crippen molar-refractivity contribution in [3.8, 4) is 0 Å². The zero-order chi connectivity index (χ0) is 22.4. The van der Waals surface area contributed by atoms with Crippen molar-refractivity contribution in [1.29, 1.82) is 0 Å². The molecule has 0 bridgehead atoms. The summed E-state index contributed by atoms with van der Waals surface area (Å²) in [6.07, 6.45) is 2.53. The molecule has 2 aromatic carbocycles. The number of hydrogen-bond donors (Lipinski definition) is 1. The number of amides is 1. The van der Waals surface area contributed by atoms with E-state index in [0.29, 0.717) is 28.1 Å². The Balaban J connectivity index is 1.62. The Labute approximate surface area is 178 Å². The van der Waals surface area contributed by atoms with E-state index in [1.165, 1.54) is 29.0 Å². The van der Waals surface area contributed by atoms with Gasteiger partial charge in [0.05, 0.1) is 0 Å². The number of aromatic nitrogens is 1. The van der Waals surface area contributed by atoms with E-state index in [1.807, 2.05) is 6.07 Å². The standard InChI is InChI=1S/C24H21FN2O4/c1-16-13-21(17(2)27(16)26-24(30)19-8-4-3-5-9-19)22(28)15-31-23(29)12-11-18-7-6-10-20(25)14-18/h3-14H,15H2,1-2H3,(H,26,30)/b12-11+. The first-order chi connectivity index (χ1) is 14.8. The molecule has 6 nitrogen and oxygen atoms in total. The van der Waals surface area contributed by atoms with Gasteiger partial charge in [-0.3, -0.25) is 19.7 Å². The zero-order valence-electron chi connectivity index (χ0n) is 17.1. The van der Waals surface area contributed by atoms with Crippen molar-refractivity contribution in [2.24, 2.45) is 0 Å². The van der Waals surface area contributed by atoms with Crippen LogP contribution in [0.4, 0.5) is 4.39 Å². The molecule has 1 aromatic heterocycles. The highest BCUT2D eigenvalue weighted by molar-refractivity contribution is 6.02. The van der Waals surface area contributed by atoms with Crippen molar-refractivity contribution >= 4 is 23.7 Å². The van der Waals surface area contributed by atoms with Crippen LogP contribution in [0.1, 0.15) is 37.7 Å². The molecule has 0 unspecified atom stereocenters. The fraction of sp³-hybridized carbons (Fsp3) is 0.125. The van der Waals surface area contributed by atoms with Crippen LogP contribution in [0.2, 0.25) is 0 Å². The van der Waals surface area contributed by atoms with Gasteiger partial charge in [-0.1, -0.05) is 30.3 Å². The molecule has 0 fully saturated rings. The third-order valence-electron chi connectivity index (χ3n) is 4.59. The molecular formula is C24H21FN2O4. The summed E-state index contributed by atoms with van der Waals surface area (Å²) >= 11 is 0. The lowest BCUT2D eigenvalue weighted by atomic mass is 10.1. The first-order valence-electron chi connectivity index (χ1n) is 9.54. The first kappa shape index (κ1) is 21.7. The molecule has 1 amide bonds. The fourth-order valence-electron chi connectivity index (χ4n) is 3.01. The van der Waals surface area contributed by atoms with Gasteiger partial charge >= 0.3 is 5.97 Å². The van der Waals surface area contributed by atoms with Gasteiger partial charge in [0.1, 0.15) is 5.82 Å². The van der Waals surface area contributed by atoms with Crippen LogP contribution < -0.4 is 5.43 Å². The number of carbonyl (C=O) groups excluding carboxylic acids is 3. The Kier molecular flexibility index (Phi) is 6.77. The summed E-state index contributed by atoms with van der Waals surface area (Å²) in [5.41, 5.74) is 5.26. The number of aryl methyl sites for hydroxylation is 1. The monoisotopic (exact) mass is 420 g/mol. The summed E-state index contributed by atoms with van der Waals surface area (Å²) in [5, 5.41) is 0. The van der Waals surface area contributed by atoms with Gasteiger partial charge in [0.25, 0.3) is 5.91 Å². The van der Waals surface area contributed by atoms with Crippen LogP contribution in [0.5, 0.6) is 0 Å². The molecule has 0 spiro atoms. The minimum absolute atomic E-state index is 0.310. The van der Waals surface area contributed by atoms with Crippen LogP contribution in [0, 0.1) is 19.7 Å². The third-order valence-corrected chi connectivity index (χ3v) is 4.59. The van der Waals surface area contributed by atoms with Gasteiger partial charge < -0.3 is 4.74 Å². The fourth-order valence-corrected chi connectivity index (χ4v) is 3.01. The van der Waals surface area contributed by atoms with Crippen molar-refractivity contribution in [2.45, 2.75) is 13.8 Å². The molecule has 3 aromatic rings. The number of ketones is 1. The second kappa shape index (κ2) is 9.67. The molecule has 7 heteroatoms. The molecule has 0 aliphatic rings. The van der Waals surface area contributed by atoms with Crippen molar-refractivity contribution in [3.05, 3.63) is 101 Å². The second-order valence-electron chi connectivity index (χ2n) is 6.85. The summed E-state index contributed by atoms with van der Waals surface area (Å²) in [4.78, 5) is 36.8. The number of Topliss-reactive ketones (excluding diaryl/α,β-unsaturated/α-hetero) is 1. The van der Waals surface area contributed by atoms with Crippen LogP contribution in [0.3, 0.4) is 0 Å². The number of nitrogens with zero attached hydrogens (tertiary/aromatic N) is 1. The number of rotatable bonds is 7. The second-order valence-corrected chi connectivity index (χ2v) is 6.85. The number of esters is 1. The number of carbonyl (C=O) groups is 3. The number of benzene rings is 2. The zero-order valence-corrected chi connectivity index (χ0v) is 17.1. The SMILES string of the molecule is Cc1cc(C(=O)COC(=O)/C=C/c2cccc(F)c2)c(C)n1NC(=O)c1ccccc1. The van der Waals surface area contributed by atoms with Crippen LogP contribution >= 0.6 is 0 Å². The van der Waals surface area contributed by atoms with Crippen LogP contribution in [0.25, 0.3) is 6.08 Å². The molecular weight excluding hydrogens is 399 g/mol. The highest BCUT2D eigenvalue weighted by atomic mass is 19.1. The lowest BCUT2D eigenvalue weighted by Crippen LogP contribution is -2.25. The Morgan fingerprint density at radius 2 is 1.77 bits per heavy atom. The molecule has 0 saturated heterocycles. The van der Waals surface area contributed by atoms with E-state index in [9.17, 15) is 18.8 Å². The normalized spacial score (nSPS) is 10.8. The smallest absolute Gasteiger partial charge is 0.331 e. The maximum Gasteiger partial charge on any atom is 0.331 e. The Bertz CT molecular complexity index is 1150. The Hall–Kier alpha value is -4.00. The van der Waals surface area contributed by atoms with E-state index < -0.39 is 24.2 Å². The van der Waals surface area contributed by atoms with E-state index in [-0.39, 0.29) is 5.91 Å². The van der Waals surface area contributed by atoms with Gasteiger partial charge in [-0.2, -0.15) is 0 Å². The average Bonchev–Trinajstić information content (AvgIpc) is 3.05. The third kappa shape index (κ3) is 5.54. The summed E-state index contributed by atoms with van der Waals surface area (Å²) < 4.78 is 19.7. The number of halogens is 1. The minimum Gasteiger partial charge on any atom is -0.454 e. The van der Waals surface area contributed by atoms with Crippen LogP contribution in [-0.2, 0) is 9.53 Å². The van der Waals surface area contributed by atoms with Gasteiger partial charge in [-0.15, -0.1) is 0 Å². The topological polar surface area (TPSA) is 77.4 Å². The molecule has 0 saturated carbocycles. The maximum atomic E-state index is 13.2. The van der Waals surface area contributed by atoms with E-state index >= 15 is 0 Å². The summed E-state index contributed by atoms with van der Waals surface area (Å²) in [7, 11) is 0. The van der Waals surface area contributed by atoms with Gasteiger partial charge in [-0.25, -0.2) is 9.18 Å². The highest BCUT2D eigenvalue weighted by Gasteiger charge is 2.18. The first-order valence-corrected chi connectivity index (χ1v) is 9.54. The van der Waals surface area contributed by atoms with Crippen molar-refractivity contribution in [1.82, 2.24) is 4.68 Å². The molecule has 158 valence electrons. The van der Waals surface area contributed by atoms with E-state index in [2.05, 4.69) is 5.43 Å². The lowest BCUT2D eigenvalue weighted by Gasteiger charge is -2.11. The molecule has 0 atom stereocenters. The molecule has 0 radical (unpaired) electrons. The van der Waals surface area contributed by atoms with Gasteiger partial charge in [0.15, 0.2) is 6.61 Å². The summed E-state index contributed by atoms with van der Waals surface area (Å²) in [6.45, 7) is 2.99. The number of hydrogen-bond acceptors (Lipinski definition) is 4. The molecule has 0 aliphatic carbocycles. The number of nitrogens with one attached hydrogen (secondary N) is 1. The van der Waals surface area contributed by atoms with Gasteiger partial charge in [0, 0.05) is 28.6 Å². The number of ether oxygens (including phenoxy) is 1. The van der Waals surface area contributed by atoms with E-state index in [4.69, 9.17) is 4.74 Å². The van der Waals surface area contributed by atoms with Crippen LogP contribution in [-0.4, -0.2) is 28.9 Å². The minimum atomic E-state index is -0.719. The molecule has 0 aliphatic heterocycles. The predicted octanol–water partition coefficient (Wildman–Crippen LogP) is 4.07. The van der Waals surface area contributed by atoms with Crippen molar-refractivity contribution < 1.29 is 23.5 Å². The van der Waals surface area contributed by atoms with Gasteiger partial charge in [-0.05, 0) is 55.8 Å². The lowest BCUT2D eigenvalue weighted by molar-refractivity contribution is -0.136. The predicted molar refractivity (Wildman–Crippen MR) is 115 cm³/mol. The van der Waals surface area contributed by atoms with E-state index in [1.54, 1.807) is 50.2 Å². The van der Waals surface area contributed by atoms with Gasteiger partial charge in [0.2, 0.25) is 5.78 Å². The Morgan fingerprint density at radius 1 is 1.03 bits per heavy atom. The van der Waals surface area contributed by atoms with Crippen LogP contribution in [0.15, 0.2) is 66.7 Å². The summed E-state index contributed by atoms with van der Waals surface area (Å²) in [5.74, 6) is -1.85. The highest BCUT2D eigenvalue weighted by Crippen LogP contribution is 2.15. The quantitative estimate of drug-likeness (QED) is 0.355. The maximum absolute atomic E-state index is 13.2. The van der Waals surface area contributed by atoms with Crippen molar-refractivity contribution in [3.63, 3.8) is 0 Å². The van der Waals surface area contributed by atoms with E-state index in [0.717, 1.165) is 6.08 Å². The largest absolute Gasteiger partial charge is 0.454 e. The average molecular weight is 420 g/mol.